The summed E-state index contributed by atoms with van der Waals surface area (Å²) in [6, 6.07) is 6.39. The number of carboxylic acid groups (broad SMARTS) is 1. The molecule has 0 spiro atoms. The van der Waals surface area contributed by atoms with Crippen LogP contribution in [0.25, 0.3) is 0 Å². The van der Waals surface area contributed by atoms with Gasteiger partial charge in [-0.05, 0) is 26.0 Å². The van der Waals surface area contributed by atoms with Crippen molar-refractivity contribution in [1.82, 2.24) is 0 Å². The first kappa shape index (κ1) is 15.0. The van der Waals surface area contributed by atoms with Crippen molar-refractivity contribution >= 4 is 23.0 Å². The van der Waals surface area contributed by atoms with Gasteiger partial charge in [0.15, 0.2) is 5.75 Å². The molecule has 2 aromatic rings. The number of nitro groups is 1. The van der Waals surface area contributed by atoms with Crippen LogP contribution in [0.5, 0.6) is 5.75 Å². The molecule has 0 aliphatic carbocycles. The summed E-state index contributed by atoms with van der Waals surface area (Å²) in [6.45, 7) is 3.53. The van der Waals surface area contributed by atoms with Crippen molar-refractivity contribution < 1.29 is 19.6 Å². The zero-order chi connectivity index (χ0) is 15.6. The Morgan fingerprint density at radius 3 is 2.71 bits per heavy atom. The van der Waals surface area contributed by atoms with E-state index in [1.165, 1.54) is 12.1 Å². The molecule has 7 heteroatoms. The monoisotopic (exact) mass is 307 g/mol. The van der Waals surface area contributed by atoms with E-state index in [0.717, 1.165) is 16.2 Å². The first-order valence-corrected chi connectivity index (χ1v) is 6.91. The lowest BCUT2D eigenvalue weighted by molar-refractivity contribution is -0.386. The number of carbonyl (C=O) groups is 1. The number of ether oxygens (including phenoxy) is 1. The molecule has 1 aromatic carbocycles. The zero-order valence-corrected chi connectivity index (χ0v) is 12.3. The number of benzene rings is 1. The Morgan fingerprint density at radius 1 is 1.43 bits per heavy atom. The Labute approximate surface area is 124 Å². The van der Waals surface area contributed by atoms with Gasteiger partial charge in [0.25, 0.3) is 0 Å². The molecular weight excluding hydrogens is 294 g/mol. The number of nitrogens with zero attached hydrogens (tertiary/aromatic N) is 1. The van der Waals surface area contributed by atoms with Gasteiger partial charge in [0.1, 0.15) is 11.5 Å². The maximum Gasteiger partial charge on any atom is 0.345 e. The average molecular weight is 307 g/mol. The third-order valence-corrected chi connectivity index (χ3v) is 4.08. The van der Waals surface area contributed by atoms with E-state index in [1.54, 1.807) is 26.0 Å². The molecule has 1 N–H and O–H groups in total. The molecule has 0 unspecified atom stereocenters. The van der Waals surface area contributed by atoms with E-state index in [-0.39, 0.29) is 22.9 Å². The van der Waals surface area contributed by atoms with E-state index >= 15 is 0 Å². The van der Waals surface area contributed by atoms with Gasteiger partial charge < -0.3 is 9.84 Å². The maximum atomic E-state index is 11.1. The molecule has 0 saturated carbocycles. The molecule has 1 heterocycles. The van der Waals surface area contributed by atoms with Gasteiger partial charge >= 0.3 is 11.7 Å². The molecule has 0 radical (unpaired) electrons. The Morgan fingerprint density at radius 2 is 2.14 bits per heavy atom. The first-order chi connectivity index (χ1) is 9.90. The predicted octanol–water partition coefficient (Wildman–Crippen LogP) is 3.55. The molecule has 110 valence electrons. The molecule has 0 fully saturated rings. The molecular formula is C14H13NO5S. The summed E-state index contributed by atoms with van der Waals surface area (Å²) in [6.07, 6.45) is 0. The SMILES string of the molecule is Cc1cccc(OCc2cc(C(=O)O)sc2C)c1[N+](=O)[O-]. The number of para-hydroxylation sites is 1. The average Bonchev–Trinajstić information content (AvgIpc) is 2.77. The number of hydrogen-bond acceptors (Lipinski definition) is 5. The van der Waals surface area contributed by atoms with Crippen LogP contribution in [0.4, 0.5) is 5.69 Å². The number of aromatic carboxylic acids is 1. The Hall–Kier alpha value is -2.41. The number of thiophene rings is 1. The van der Waals surface area contributed by atoms with Crippen LogP contribution in [0.1, 0.15) is 25.7 Å². The van der Waals surface area contributed by atoms with E-state index in [4.69, 9.17) is 9.84 Å². The van der Waals surface area contributed by atoms with Crippen LogP contribution in [0.15, 0.2) is 24.3 Å². The standard InChI is InChI=1S/C14H13NO5S/c1-8-4-3-5-11(13(8)15(18)19)20-7-10-6-12(14(16)17)21-9(10)2/h3-6H,7H2,1-2H3,(H,16,17). The molecule has 0 atom stereocenters. The van der Waals surface area contributed by atoms with Crippen molar-refractivity contribution in [3.05, 3.63) is 55.3 Å². The summed E-state index contributed by atoms with van der Waals surface area (Å²) in [5, 5.41) is 20.0. The van der Waals surface area contributed by atoms with Crippen LogP contribution < -0.4 is 4.74 Å². The van der Waals surface area contributed by atoms with E-state index in [0.29, 0.717) is 11.1 Å². The van der Waals surface area contributed by atoms with Gasteiger partial charge in [0.05, 0.1) is 4.92 Å². The second-order valence-corrected chi connectivity index (χ2v) is 5.72. The van der Waals surface area contributed by atoms with Gasteiger partial charge in [-0.15, -0.1) is 11.3 Å². The second-order valence-electron chi connectivity index (χ2n) is 4.46. The lowest BCUT2D eigenvalue weighted by Crippen LogP contribution is -2.00. The van der Waals surface area contributed by atoms with Gasteiger partial charge in [-0.2, -0.15) is 0 Å². The highest BCUT2D eigenvalue weighted by Crippen LogP contribution is 2.31. The molecule has 0 aliphatic heterocycles. The summed E-state index contributed by atoms with van der Waals surface area (Å²) in [5.74, 6) is -0.807. The molecule has 0 amide bonds. The van der Waals surface area contributed by atoms with Crippen LogP contribution in [-0.4, -0.2) is 16.0 Å². The lowest BCUT2D eigenvalue weighted by Gasteiger charge is -2.07. The number of rotatable bonds is 5. The van der Waals surface area contributed by atoms with Crippen molar-refractivity contribution in [2.75, 3.05) is 0 Å². The molecule has 1 aromatic heterocycles. The van der Waals surface area contributed by atoms with Crippen LogP contribution in [0.3, 0.4) is 0 Å². The maximum absolute atomic E-state index is 11.1. The van der Waals surface area contributed by atoms with Crippen LogP contribution in [-0.2, 0) is 6.61 Å². The highest BCUT2D eigenvalue weighted by atomic mass is 32.1. The van der Waals surface area contributed by atoms with Crippen molar-refractivity contribution in [3.8, 4) is 5.75 Å². The Kier molecular flexibility index (Phi) is 4.23. The van der Waals surface area contributed by atoms with Crippen molar-refractivity contribution in [1.29, 1.82) is 0 Å². The fourth-order valence-electron chi connectivity index (χ4n) is 1.91. The second kappa shape index (κ2) is 5.92. The largest absolute Gasteiger partial charge is 0.482 e. The van der Waals surface area contributed by atoms with Crippen molar-refractivity contribution in [2.45, 2.75) is 20.5 Å². The number of nitro benzene ring substituents is 1. The summed E-state index contributed by atoms with van der Waals surface area (Å²) in [7, 11) is 0. The molecule has 0 saturated heterocycles. The third-order valence-electron chi connectivity index (χ3n) is 3.00. The minimum absolute atomic E-state index is 0.0659. The van der Waals surface area contributed by atoms with E-state index < -0.39 is 10.9 Å². The normalized spacial score (nSPS) is 10.4. The number of hydrogen-bond donors (Lipinski definition) is 1. The molecule has 6 nitrogen and oxygen atoms in total. The highest BCUT2D eigenvalue weighted by molar-refractivity contribution is 7.14. The van der Waals surface area contributed by atoms with Gasteiger partial charge in [-0.1, -0.05) is 12.1 Å². The van der Waals surface area contributed by atoms with E-state index in [1.807, 2.05) is 0 Å². The topological polar surface area (TPSA) is 89.7 Å². The third kappa shape index (κ3) is 3.19. The zero-order valence-electron chi connectivity index (χ0n) is 11.5. The van der Waals surface area contributed by atoms with Gasteiger partial charge in [-0.3, -0.25) is 10.1 Å². The lowest BCUT2D eigenvalue weighted by atomic mass is 10.2. The summed E-state index contributed by atoms with van der Waals surface area (Å²) in [5.41, 5.74) is 1.17. The van der Waals surface area contributed by atoms with Crippen LogP contribution in [0, 0.1) is 24.0 Å². The number of carboxylic acids is 1. The van der Waals surface area contributed by atoms with Crippen LogP contribution >= 0.6 is 11.3 Å². The summed E-state index contributed by atoms with van der Waals surface area (Å²) in [4.78, 5) is 22.5. The van der Waals surface area contributed by atoms with Crippen LogP contribution in [0.2, 0.25) is 0 Å². The molecule has 2 rings (SSSR count). The fraction of sp³-hybridized carbons (Fsp3) is 0.214. The minimum Gasteiger partial charge on any atom is -0.482 e. The number of aryl methyl sites for hydroxylation is 2. The Bertz CT molecular complexity index is 707. The van der Waals surface area contributed by atoms with Gasteiger partial charge in [0.2, 0.25) is 0 Å². The summed E-state index contributed by atoms with van der Waals surface area (Å²) < 4.78 is 5.51. The predicted molar refractivity (Wildman–Crippen MR) is 78.2 cm³/mol. The Balaban J connectivity index is 2.23. The van der Waals surface area contributed by atoms with E-state index in [9.17, 15) is 14.9 Å². The molecule has 21 heavy (non-hydrogen) atoms. The smallest absolute Gasteiger partial charge is 0.345 e. The summed E-state index contributed by atoms with van der Waals surface area (Å²) >= 11 is 1.16. The van der Waals surface area contributed by atoms with Crippen molar-refractivity contribution in [2.24, 2.45) is 0 Å². The van der Waals surface area contributed by atoms with Crippen molar-refractivity contribution in [3.63, 3.8) is 0 Å². The first-order valence-electron chi connectivity index (χ1n) is 6.09. The van der Waals surface area contributed by atoms with E-state index in [2.05, 4.69) is 0 Å². The molecule has 0 bridgehead atoms. The van der Waals surface area contributed by atoms with Gasteiger partial charge in [0, 0.05) is 16.0 Å². The quantitative estimate of drug-likeness (QED) is 0.674. The molecule has 0 aliphatic rings. The highest BCUT2D eigenvalue weighted by Gasteiger charge is 2.19. The minimum atomic E-state index is -0.990. The van der Waals surface area contributed by atoms with Gasteiger partial charge in [-0.25, -0.2) is 4.79 Å². The fourth-order valence-corrected chi connectivity index (χ4v) is 2.77.